The van der Waals surface area contributed by atoms with Gasteiger partial charge in [-0.2, -0.15) is 0 Å². The molecule has 0 atom stereocenters. The van der Waals surface area contributed by atoms with Crippen molar-refractivity contribution in [2.75, 3.05) is 5.73 Å². The smallest absolute Gasteiger partial charge is 0.264 e. The summed E-state index contributed by atoms with van der Waals surface area (Å²) in [5, 5.41) is -0.0576. The molecule has 0 unspecified atom stereocenters. The van der Waals surface area contributed by atoms with Crippen molar-refractivity contribution in [2.45, 2.75) is 13.0 Å². The molecule has 0 saturated heterocycles. The van der Waals surface area contributed by atoms with E-state index >= 15 is 0 Å². The molecule has 0 aromatic carbocycles. The fourth-order valence-corrected chi connectivity index (χ4v) is 1.26. The van der Waals surface area contributed by atoms with Crippen LogP contribution < -0.4 is 11.5 Å². The Morgan fingerprint density at radius 1 is 1.54 bits per heavy atom. The predicted octanol–water partition coefficient (Wildman–Crippen LogP) is 1.71. The van der Waals surface area contributed by atoms with Crippen LogP contribution in [0.4, 0.5) is 14.6 Å². The first-order chi connectivity index (χ1) is 6.06. The van der Waals surface area contributed by atoms with Gasteiger partial charge in [-0.15, -0.1) is 0 Å². The lowest BCUT2D eigenvalue weighted by molar-refractivity contribution is 0.150. The van der Waals surface area contributed by atoms with Crippen molar-refractivity contribution in [3.8, 4) is 0 Å². The van der Waals surface area contributed by atoms with Gasteiger partial charge in [-0.25, -0.2) is 13.8 Å². The number of aromatic nitrogens is 1. The molecule has 0 spiro atoms. The number of pyridine rings is 1. The molecule has 1 aromatic heterocycles. The third kappa shape index (κ3) is 2.05. The topological polar surface area (TPSA) is 64.9 Å². The van der Waals surface area contributed by atoms with Crippen LogP contribution in [0.3, 0.4) is 0 Å². The lowest BCUT2D eigenvalue weighted by Gasteiger charge is -2.08. The lowest BCUT2D eigenvalue weighted by atomic mass is 10.1. The number of alkyl halides is 2. The second-order valence-corrected chi connectivity index (χ2v) is 2.77. The van der Waals surface area contributed by atoms with Gasteiger partial charge < -0.3 is 11.5 Å². The fraction of sp³-hybridized carbons (Fsp3) is 0.286. The van der Waals surface area contributed by atoms with Crippen molar-refractivity contribution in [1.29, 1.82) is 0 Å². The van der Waals surface area contributed by atoms with Crippen molar-refractivity contribution in [3.05, 3.63) is 22.3 Å². The molecule has 1 heterocycles. The minimum absolute atomic E-state index is 0.0301. The Bertz CT molecular complexity index is 317. The molecule has 1 rings (SSSR count). The van der Waals surface area contributed by atoms with Gasteiger partial charge in [-0.05, 0) is 6.07 Å². The van der Waals surface area contributed by atoms with E-state index in [1.54, 1.807) is 0 Å². The number of anilines is 1. The average Bonchev–Trinajstić information content (AvgIpc) is 2.02. The number of rotatable bonds is 2. The van der Waals surface area contributed by atoms with E-state index < -0.39 is 6.43 Å². The molecule has 6 heteroatoms. The van der Waals surface area contributed by atoms with Gasteiger partial charge in [-0.3, -0.25) is 0 Å². The van der Waals surface area contributed by atoms with Crippen molar-refractivity contribution in [3.63, 3.8) is 0 Å². The summed E-state index contributed by atoms with van der Waals surface area (Å²) in [6, 6.07) is 1.08. The van der Waals surface area contributed by atoms with Crippen LogP contribution in [0.1, 0.15) is 17.6 Å². The maximum atomic E-state index is 12.4. The van der Waals surface area contributed by atoms with E-state index in [-0.39, 0.29) is 28.6 Å². The SMILES string of the molecule is NCc1c(C(F)F)cc(N)nc1Cl. The van der Waals surface area contributed by atoms with Crippen LogP contribution in [0, 0.1) is 0 Å². The average molecular weight is 208 g/mol. The second-order valence-electron chi connectivity index (χ2n) is 2.41. The minimum atomic E-state index is -2.64. The first-order valence-electron chi connectivity index (χ1n) is 3.49. The van der Waals surface area contributed by atoms with E-state index in [1.165, 1.54) is 0 Å². The summed E-state index contributed by atoms with van der Waals surface area (Å²) >= 11 is 5.57. The second kappa shape index (κ2) is 3.85. The van der Waals surface area contributed by atoms with E-state index in [1.807, 2.05) is 0 Å². The van der Waals surface area contributed by atoms with Crippen molar-refractivity contribution < 1.29 is 8.78 Å². The summed E-state index contributed by atoms with van der Waals surface area (Å²) in [5.41, 5.74) is 10.4. The zero-order chi connectivity index (χ0) is 10.0. The van der Waals surface area contributed by atoms with Crippen LogP contribution in [0.2, 0.25) is 5.15 Å². The molecular weight excluding hydrogens is 200 g/mol. The number of hydrogen-bond acceptors (Lipinski definition) is 3. The van der Waals surface area contributed by atoms with Gasteiger partial charge in [0.05, 0.1) is 0 Å². The Morgan fingerprint density at radius 3 is 2.62 bits per heavy atom. The molecule has 0 amide bonds. The first kappa shape index (κ1) is 10.1. The largest absolute Gasteiger partial charge is 0.384 e. The molecule has 72 valence electrons. The molecule has 13 heavy (non-hydrogen) atoms. The van der Waals surface area contributed by atoms with E-state index in [0.29, 0.717) is 0 Å². The molecule has 0 aliphatic rings. The molecule has 0 radical (unpaired) electrons. The van der Waals surface area contributed by atoms with E-state index in [0.717, 1.165) is 6.07 Å². The number of halogens is 3. The number of hydrogen-bond donors (Lipinski definition) is 2. The van der Waals surface area contributed by atoms with Gasteiger partial charge in [0.25, 0.3) is 6.43 Å². The summed E-state index contributed by atoms with van der Waals surface area (Å²) < 4.78 is 24.8. The maximum absolute atomic E-state index is 12.4. The van der Waals surface area contributed by atoms with Crippen LogP contribution in [-0.4, -0.2) is 4.98 Å². The highest BCUT2D eigenvalue weighted by Gasteiger charge is 2.16. The normalized spacial score (nSPS) is 10.8. The zero-order valence-corrected chi connectivity index (χ0v) is 7.35. The number of nitrogens with zero attached hydrogens (tertiary/aromatic N) is 1. The van der Waals surface area contributed by atoms with Crippen molar-refractivity contribution in [1.82, 2.24) is 4.98 Å². The van der Waals surface area contributed by atoms with E-state index in [9.17, 15) is 8.78 Å². The van der Waals surface area contributed by atoms with Gasteiger partial charge in [-0.1, -0.05) is 11.6 Å². The summed E-state index contributed by atoms with van der Waals surface area (Å²) in [5.74, 6) is -0.0301. The summed E-state index contributed by atoms with van der Waals surface area (Å²) in [4.78, 5) is 3.62. The first-order valence-corrected chi connectivity index (χ1v) is 3.87. The van der Waals surface area contributed by atoms with Crippen LogP contribution in [0.25, 0.3) is 0 Å². The van der Waals surface area contributed by atoms with Gasteiger partial charge >= 0.3 is 0 Å². The van der Waals surface area contributed by atoms with Gasteiger partial charge in [0, 0.05) is 17.7 Å². The molecule has 0 aliphatic heterocycles. The van der Waals surface area contributed by atoms with Crippen LogP contribution in [-0.2, 0) is 6.54 Å². The molecule has 0 saturated carbocycles. The van der Waals surface area contributed by atoms with Crippen molar-refractivity contribution >= 4 is 17.4 Å². The van der Waals surface area contributed by atoms with Crippen LogP contribution in [0.5, 0.6) is 0 Å². The molecule has 3 nitrogen and oxygen atoms in total. The van der Waals surface area contributed by atoms with E-state index in [4.69, 9.17) is 23.1 Å². The van der Waals surface area contributed by atoms with Gasteiger partial charge in [0.15, 0.2) is 0 Å². The van der Waals surface area contributed by atoms with Crippen LogP contribution in [0.15, 0.2) is 6.07 Å². The number of nitrogen functional groups attached to an aromatic ring is 1. The fourth-order valence-electron chi connectivity index (χ4n) is 0.975. The molecule has 1 aromatic rings. The number of nitrogens with two attached hydrogens (primary N) is 2. The minimum Gasteiger partial charge on any atom is -0.384 e. The molecule has 0 bridgehead atoms. The Labute approximate surface area is 78.7 Å². The quantitative estimate of drug-likeness (QED) is 0.726. The molecule has 4 N–H and O–H groups in total. The summed E-state index contributed by atoms with van der Waals surface area (Å²) in [6.45, 7) is -0.0776. The van der Waals surface area contributed by atoms with Gasteiger partial charge in [0.2, 0.25) is 0 Å². The van der Waals surface area contributed by atoms with Crippen molar-refractivity contribution in [2.24, 2.45) is 5.73 Å². The third-order valence-corrected chi connectivity index (χ3v) is 1.88. The van der Waals surface area contributed by atoms with E-state index in [2.05, 4.69) is 4.98 Å². The van der Waals surface area contributed by atoms with Gasteiger partial charge in [0.1, 0.15) is 11.0 Å². The Balaban J connectivity index is 3.29. The highest BCUT2D eigenvalue weighted by Crippen LogP contribution is 2.28. The highest BCUT2D eigenvalue weighted by molar-refractivity contribution is 6.30. The molecular formula is C7H8ClF2N3. The lowest BCUT2D eigenvalue weighted by Crippen LogP contribution is -2.06. The molecule has 0 aliphatic carbocycles. The zero-order valence-electron chi connectivity index (χ0n) is 6.60. The Kier molecular flexibility index (Phi) is 3.00. The summed E-state index contributed by atoms with van der Waals surface area (Å²) in [6.07, 6.45) is -2.64. The molecule has 0 fully saturated rings. The third-order valence-electron chi connectivity index (χ3n) is 1.57. The van der Waals surface area contributed by atoms with Crippen LogP contribution >= 0.6 is 11.6 Å². The summed E-state index contributed by atoms with van der Waals surface area (Å²) in [7, 11) is 0. The predicted molar refractivity (Wildman–Crippen MR) is 46.5 cm³/mol. The highest BCUT2D eigenvalue weighted by atomic mass is 35.5. The Hall–Kier alpha value is -0.940. The Morgan fingerprint density at radius 2 is 2.15 bits per heavy atom. The maximum Gasteiger partial charge on any atom is 0.264 e. The monoisotopic (exact) mass is 207 g/mol. The standard InChI is InChI=1S/C7H8ClF2N3/c8-6-4(2-11)3(7(9)10)1-5(12)13-6/h1,7H,2,11H2,(H2,12,13).